The predicted molar refractivity (Wildman–Crippen MR) is 115 cm³/mol. The summed E-state index contributed by atoms with van der Waals surface area (Å²) in [5, 5.41) is 9.44. The quantitative estimate of drug-likeness (QED) is 0.565. The highest BCUT2D eigenvalue weighted by atomic mass is 16.5. The van der Waals surface area contributed by atoms with Gasteiger partial charge in [-0.05, 0) is 36.1 Å². The molecule has 0 bridgehead atoms. The predicted octanol–water partition coefficient (Wildman–Crippen LogP) is 3.33. The number of nitrogens with zero attached hydrogens (tertiary/aromatic N) is 3. The summed E-state index contributed by atoms with van der Waals surface area (Å²) < 4.78 is 7.30. The molecule has 2 aromatic carbocycles. The largest absolute Gasteiger partial charge is 0.396 e. The van der Waals surface area contributed by atoms with Gasteiger partial charge in [0.15, 0.2) is 0 Å². The Bertz CT molecular complexity index is 958. The minimum absolute atomic E-state index is 0.0159. The maximum atomic E-state index is 13.5. The molecular formula is C23H29N3O3. The van der Waals surface area contributed by atoms with E-state index in [9.17, 15) is 9.90 Å². The highest BCUT2D eigenvalue weighted by Crippen LogP contribution is 2.28. The first-order valence-electron chi connectivity index (χ1n) is 10.1. The Kier molecular flexibility index (Phi) is 7.01. The van der Waals surface area contributed by atoms with Gasteiger partial charge in [0.05, 0.1) is 23.3 Å². The van der Waals surface area contributed by atoms with E-state index in [1.807, 2.05) is 34.9 Å². The molecule has 1 aromatic heterocycles. The van der Waals surface area contributed by atoms with E-state index in [-0.39, 0.29) is 25.8 Å². The van der Waals surface area contributed by atoms with Crippen LogP contribution in [0.2, 0.25) is 0 Å². The van der Waals surface area contributed by atoms with E-state index >= 15 is 0 Å². The van der Waals surface area contributed by atoms with Gasteiger partial charge in [0.25, 0.3) is 0 Å². The number of carbonyl (C=O) groups is 1. The average Bonchev–Trinajstić information content (AvgIpc) is 3.08. The van der Waals surface area contributed by atoms with Crippen molar-refractivity contribution in [3.63, 3.8) is 0 Å². The molecule has 0 aliphatic rings. The fourth-order valence-electron chi connectivity index (χ4n) is 3.77. The van der Waals surface area contributed by atoms with Crippen molar-refractivity contribution in [3.8, 4) is 0 Å². The van der Waals surface area contributed by atoms with Gasteiger partial charge in [-0.15, -0.1) is 0 Å². The molecule has 0 unspecified atom stereocenters. The third-order valence-corrected chi connectivity index (χ3v) is 5.16. The number of aliphatic hydroxyl groups excluding tert-OH is 1. The van der Waals surface area contributed by atoms with Crippen LogP contribution in [-0.2, 0) is 35.3 Å². The number of ether oxygens (including phenoxy) is 1. The van der Waals surface area contributed by atoms with E-state index in [1.54, 1.807) is 12.0 Å². The number of hydrogen-bond acceptors (Lipinski definition) is 4. The molecule has 6 nitrogen and oxygen atoms in total. The monoisotopic (exact) mass is 395 g/mol. The first kappa shape index (κ1) is 21.0. The molecule has 0 saturated carbocycles. The number of imidazole rings is 1. The molecule has 0 spiro atoms. The van der Waals surface area contributed by atoms with Crippen LogP contribution in [0.25, 0.3) is 11.0 Å². The number of benzene rings is 2. The van der Waals surface area contributed by atoms with Gasteiger partial charge < -0.3 is 14.4 Å². The van der Waals surface area contributed by atoms with Crippen LogP contribution in [0.4, 0.5) is 5.69 Å². The number of aliphatic hydroxyl groups is 1. The first-order valence-corrected chi connectivity index (χ1v) is 10.1. The van der Waals surface area contributed by atoms with Crippen LogP contribution >= 0.6 is 0 Å². The fraction of sp³-hybridized carbons (Fsp3) is 0.391. The van der Waals surface area contributed by atoms with Gasteiger partial charge in [0.1, 0.15) is 19.1 Å². The molecule has 1 heterocycles. The molecule has 0 radical (unpaired) electrons. The zero-order chi connectivity index (χ0) is 20.8. The highest BCUT2D eigenvalue weighted by molar-refractivity contribution is 5.95. The molecule has 0 fully saturated rings. The van der Waals surface area contributed by atoms with Crippen LogP contribution in [0.5, 0.6) is 0 Å². The first-order chi connectivity index (χ1) is 14.1. The summed E-state index contributed by atoms with van der Waals surface area (Å²) in [4.78, 5) is 19.8. The second-order valence-electron chi connectivity index (χ2n) is 6.95. The molecule has 6 heteroatoms. The van der Waals surface area contributed by atoms with Gasteiger partial charge in [-0.2, -0.15) is 0 Å². The summed E-state index contributed by atoms with van der Waals surface area (Å²) >= 11 is 0. The molecule has 0 atom stereocenters. The fourth-order valence-corrected chi connectivity index (χ4v) is 3.77. The van der Waals surface area contributed by atoms with Crippen molar-refractivity contribution in [2.75, 3.05) is 25.3 Å². The number of amides is 1. The van der Waals surface area contributed by atoms with E-state index in [4.69, 9.17) is 4.74 Å². The number of aromatic nitrogens is 2. The molecule has 154 valence electrons. The zero-order valence-electron chi connectivity index (χ0n) is 17.4. The lowest BCUT2D eigenvalue weighted by Crippen LogP contribution is -2.37. The average molecular weight is 396 g/mol. The summed E-state index contributed by atoms with van der Waals surface area (Å²) in [6, 6.07) is 13.9. The highest BCUT2D eigenvalue weighted by Gasteiger charge is 2.23. The zero-order valence-corrected chi connectivity index (χ0v) is 17.4. The molecular weight excluding hydrogens is 366 g/mol. The minimum atomic E-state index is -0.0650. The maximum Gasteiger partial charge on any atom is 0.248 e. The third-order valence-electron chi connectivity index (χ3n) is 5.16. The molecule has 0 saturated heterocycles. The number of fused-ring (bicyclic) bond motifs is 1. The Hall–Kier alpha value is -2.70. The van der Waals surface area contributed by atoms with Gasteiger partial charge in [0.2, 0.25) is 5.91 Å². The van der Waals surface area contributed by atoms with Gasteiger partial charge in [-0.25, -0.2) is 4.98 Å². The number of hydrogen-bond donors (Lipinski definition) is 1. The Morgan fingerprint density at radius 2 is 1.79 bits per heavy atom. The van der Waals surface area contributed by atoms with Gasteiger partial charge in [-0.3, -0.25) is 9.69 Å². The lowest BCUT2D eigenvalue weighted by Gasteiger charge is -2.27. The summed E-state index contributed by atoms with van der Waals surface area (Å²) in [6.45, 7) is 4.50. The van der Waals surface area contributed by atoms with Crippen molar-refractivity contribution in [1.29, 1.82) is 0 Å². The Balaban J connectivity index is 2.03. The van der Waals surface area contributed by atoms with Crippen molar-refractivity contribution < 1.29 is 14.6 Å². The second-order valence-corrected chi connectivity index (χ2v) is 6.95. The number of para-hydroxylation sites is 3. The SMILES string of the molecule is CCc1cccc(CC)c1N(COC)C(=O)Cn1c(CCO)nc2ccccc21. The van der Waals surface area contributed by atoms with Gasteiger partial charge >= 0.3 is 0 Å². The Labute approximate surface area is 171 Å². The van der Waals surface area contributed by atoms with Gasteiger partial charge in [0, 0.05) is 13.5 Å². The van der Waals surface area contributed by atoms with Gasteiger partial charge in [-0.1, -0.05) is 44.2 Å². The third kappa shape index (κ3) is 4.33. The van der Waals surface area contributed by atoms with E-state index in [0.717, 1.165) is 40.7 Å². The number of carbonyl (C=O) groups excluding carboxylic acids is 1. The van der Waals surface area contributed by atoms with Crippen LogP contribution in [-0.4, -0.2) is 41.0 Å². The van der Waals surface area contributed by atoms with Crippen LogP contribution in [0.3, 0.4) is 0 Å². The van der Waals surface area contributed by atoms with Crippen LogP contribution in [0, 0.1) is 0 Å². The number of aryl methyl sites for hydroxylation is 2. The van der Waals surface area contributed by atoms with Crippen molar-refractivity contribution in [2.24, 2.45) is 0 Å². The molecule has 1 amide bonds. The second kappa shape index (κ2) is 9.67. The van der Waals surface area contributed by atoms with Crippen LogP contribution in [0.15, 0.2) is 42.5 Å². The summed E-state index contributed by atoms with van der Waals surface area (Å²) in [7, 11) is 1.60. The normalized spacial score (nSPS) is 11.2. The summed E-state index contributed by atoms with van der Waals surface area (Å²) in [5.41, 5.74) is 4.91. The lowest BCUT2D eigenvalue weighted by molar-refractivity contribution is -0.120. The van der Waals surface area contributed by atoms with Crippen molar-refractivity contribution in [3.05, 3.63) is 59.4 Å². The van der Waals surface area contributed by atoms with E-state index < -0.39 is 0 Å². The van der Waals surface area contributed by atoms with E-state index in [0.29, 0.717) is 12.2 Å². The van der Waals surface area contributed by atoms with E-state index in [2.05, 4.69) is 31.0 Å². The lowest BCUT2D eigenvalue weighted by atomic mass is 10.0. The number of rotatable bonds is 9. The Morgan fingerprint density at radius 3 is 2.41 bits per heavy atom. The molecule has 0 aliphatic heterocycles. The Morgan fingerprint density at radius 1 is 1.10 bits per heavy atom. The van der Waals surface area contributed by atoms with Crippen molar-refractivity contribution >= 4 is 22.6 Å². The summed E-state index contributed by atoms with van der Waals surface area (Å²) in [6.07, 6.45) is 2.07. The molecule has 0 aliphatic carbocycles. The van der Waals surface area contributed by atoms with E-state index in [1.165, 1.54) is 0 Å². The standard InChI is InChI=1S/C23H29N3O3/c1-4-17-9-8-10-18(5-2)23(17)26(16-29-3)22(28)15-25-20-12-7-6-11-19(20)24-21(25)13-14-27/h6-12,27H,4-5,13-16H2,1-3H3. The van der Waals surface area contributed by atoms with Crippen molar-refractivity contribution in [1.82, 2.24) is 9.55 Å². The molecule has 3 rings (SSSR count). The molecule has 1 N–H and O–H groups in total. The number of anilines is 1. The maximum absolute atomic E-state index is 13.5. The van der Waals surface area contributed by atoms with Crippen LogP contribution in [0.1, 0.15) is 30.8 Å². The summed E-state index contributed by atoms with van der Waals surface area (Å²) in [5.74, 6) is 0.642. The minimum Gasteiger partial charge on any atom is -0.396 e. The molecule has 3 aromatic rings. The van der Waals surface area contributed by atoms with Crippen molar-refractivity contribution in [2.45, 2.75) is 39.7 Å². The smallest absolute Gasteiger partial charge is 0.248 e. The van der Waals surface area contributed by atoms with Crippen LogP contribution < -0.4 is 4.90 Å². The topological polar surface area (TPSA) is 67.6 Å². The molecule has 29 heavy (non-hydrogen) atoms. The number of methoxy groups -OCH3 is 1.